The van der Waals surface area contributed by atoms with Gasteiger partial charge < -0.3 is 25.3 Å². The number of hydrogen-bond donors (Lipinski definition) is 2. The first-order valence-electron chi connectivity index (χ1n) is 7.76. The Hall–Kier alpha value is -1.95. The van der Waals surface area contributed by atoms with Gasteiger partial charge in [0.05, 0.1) is 20.8 Å². The number of nitrogens with two attached hydrogens (primary N) is 1. The molecule has 0 aliphatic carbocycles. The minimum absolute atomic E-state index is 0.143. The van der Waals surface area contributed by atoms with Crippen LogP contribution < -0.4 is 20.5 Å². The average Bonchev–Trinajstić information content (AvgIpc) is 2.53. The SMILES string of the molecule is COCC(C)NC(N)=NCC(C)Cc1ccc(OC)c(OC)c1. The second-order valence-electron chi connectivity index (χ2n) is 5.73. The molecule has 0 saturated heterocycles. The van der Waals surface area contributed by atoms with Crippen molar-refractivity contribution in [2.24, 2.45) is 16.6 Å². The highest BCUT2D eigenvalue weighted by Crippen LogP contribution is 2.28. The highest BCUT2D eigenvalue weighted by molar-refractivity contribution is 5.78. The molecule has 23 heavy (non-hydrogen) atoms. The van der Waals surface area contributed by atoms with Gasteiger partial charge in [0.25, 0.3) is 0 Å². The van der Waals surface area contributed by atoms with Crippen molar-refractivity contribution in [2.45, 2.75) is 26.3 Å². The summed E-state index contributed by atoms with van der Waals surface area (Å²) >= 11 is 0. The Morgan fingerprint density at radius 1 is 1.17 bits per heavy atom. The van der Waals surface area contributed by atoms with Crippen LogP contribution in [0.2, 0.25) is 0 Å². The first-order chi connectivity index (χ1) is 11.0. The van der Waals surface area contributed by atoms with E-state index >= 15 is 0 Å². The Kier molecular flexibility index (Phi) is 8.26. The number of aliphatic imine (C=N–C) groups is 1. The molecular weight excluding hydrogens is 294 g/mol. The van der Waals surface area contributed by atoms with Crippen LogP contribution in [0.3, 0.4) is 0 Å². The Labute approximate surface area is 139 Å². The van der Waals surface area contributed by atoms with Crippen molar-refractivity contribution in [3.05, 3.63) is 23.8 Å². The molecule has 2 unspecified atom stereocenters. The number of ether oxygens (including phenoxy) is 3. The number of methoxy groups -OCH3 is 3. The van der Waals surface area contributed by atoms with Gasteiger partial charge in [0, 0.05) is 19.7 Å². The number of nitrogens with one attached hydrogen (secondary N) is 1. The second kappa shape index (κ2) is 9.94. The number of nitrogens with zero attached hydrogens (tertiary/aromatic N) is 1. The van der Waals surface area contributed by atoms with E-state index < -0.39 is 0 Å². The van der Waals surface area contributed by atoms with Gasteiger partial charge >= 0.3 is 0 Å². The smallest absolute Gasteiger partial charge is 0.188 e. The molecule has 1 aromatic rings. The van der Waals surface area contributed by atoms with Gasteiger partial charge in [-0.3, -0.25) is 4.99 Å². The summed E-state index contributed by atoms with van der Waals surface area (Å²) in [4.78, 5) is 4.39. The van der Waals surface area contributed by atoms with Crippen molar-refractivity contribution in [1.29, 1.82) is 0 Å². The summed E-state index contributed by atoms with van der Waals surface area (Å²) in [5.74, 6) is 2.30. The maximum absolute atomic E-state index is 5.88. The molecule has 0 aliphatic rings. The molecule has 0 heterocycles. The summed E-state index contributed by atoms with van der Waals surface area (Å²) in [7, 11) is 4.94. The molecule has 6 nitrogen and oxygen atoms in total. The number of guanidine groups is 1. The fraction of sp³-hybridized carbons (Fsp3) is 0.588. The summed E-state index contributed by atoms with van der Waals surface area (Å²) in [5, 5.41) is 3.10. The lowest BCUT2D eigenvalue weighted by Gasteiger charge is -2.15. The average molecular weight is 323 g/mol. The lowest BCUT2D eigenvalue weighted by atomic mass is 10.0. The standard InChI is InChI=1S/C17H29N3O3/c1-12(10-19-17(18)20-13(2)11-21-3)8-14-6-7-15(22-4)16(9-14)23-5/h6-7,9,12-13H,8,10-11H2,1-5H3,(H3,18,19,20). The van der Waals surface area contributed by atoms with Crippen LogP contribution in [0, 0.1) is 5.92 Å². The van der Waals surface area contributed by atoms with Crippen LogP contribution in [0.4, 0.5) is 0 Å². The Balaban J connectivity index is 2.54. The van der Waals surface area contributed by atoms with Gasteiger partial charge in [-0.1, -0.05) is 13.0 Å². The van der Waals surface area contributed by atoms with E-state index in [1.54, 1.807) is 21.3 Å². The third-order valence-electron chi connectivity index (χ3n) is 3.42. The molecule has 0 bridgehead atoms. The molecule has 3 N–H and O–H groups in total. The van der Waals surface area contributed by atoms with Gasteiger partial charge in [0.1, 0.15) is 0 Å². The molecule has 1 aromatic carbocycles. The maximum Gasteiger partial charge on any atom is 0.188 e. The van der Waals surface area contributed by atoms with E-state index in [1.165, 1.54) is 5.56 Å². The van der Waals surface area contributed by atoms with E-state index in [0.29, 0.717) is 25.0 Å². The summed E-state index contributed by atoms with van der Waals surface area (Å²) in [6.45, 7) is 5.40. The first-order valence-corrected chi connectivity index (χ1v) is 7.76. The zero-order chi connectivity index (χ0) is 17.2. The molecule has 0 amide bonds. The molecule has 0 saturated carbocycles. The van der Waals surface area contributed by atoms with Gasteiger partial charge in [0.2, 0.25) is 0 Å². The zero-order valence-corrected chi connectivity index (χ0v) is 14.8. The molecular formula is C17H29N3O3. The quantitative estimate of drug-likeness (QED) is 0.535. The fourth-order valence-electron chi connectivity index (χ4n) is 2.32. The van der Waals surface area contributed by atoms with Gasteiger partial charge in [-0.15, -0.1) is 0 Å². The summed E-state index contributed by atoms with van der Waals surface area (Å²) in [5.41, 5.74) is 7.06. The van der Waals surface area contributed by atoms with Crippen LogP contribution in [0.15, 0.2) is 23.2 Å². The van der Waals surface area contributed by atoms with Crippen molar-refractivity contribution >= 4 is 5.96 Å². The van der Waals surface area contributed by atoms with Crippen LogP contribution in [0.1, 0.15) is 19.4 Å². The number of rotatable bonds is 9. The minimum atomic E-state index is 0.143. The molecule has 6 heteroatoms. The van der Waals surface area contributed by atoms with Crippen molar-refractivity contribution in [2.75, 3.05) is 34.5 Å². The molecule has 130 valence electrons. The van der Waals surface area contributed by atoms with Crippen LogP contribution in [-0.4, -0.2) is 46.5 Å². The molecule has 1 rings (SSSR count). The lowest BCUT2D eigenvalue weighted by molar-refractivity contribution is 0.179. The number of hydrogen-bond acceptors (Lipinski definition) is 4. The van der Waals surface area contributed by atoms with Crippen LogP contribution in [-0.2, 0) is 11.2 Å². The fourth-order valence-corrected chi connectivity index (χ4v) is 2.32. The molecule has 0 spiro atoms. The summed E-state index contributed by atoms with van der Waals surface area (Å²) in [6.07, 6.45) is 0.894. The molecule has 0 fully saturated rings. The monoisotopic (exact) mass is 323 g/mol. The maximum atomic E-state index is 5.88. The van der Waals surface area contributed by atoms with E-state index in [0.717, 1.165) is 17.9 Å². The van der Waals surface area contributed by atoms with E-state index in [4.69, 9.17) is 19.9 Å². The topological polar surface area (TPSA) is 78.1 Å². The van der Waals surface area contributed by atoms with E-state index in [9.17, 15) is 0 Å². The van der Waals surface area contributed by atoms with E-state index in [1.807, 2.05) is 25.1 Å². The molecule has 0 radical (unpaired) electrons. The van der Waals surface area contributed by atoms with Crippen molar-refractivity contribution in [3.8, 4) is 11.5 Å². The van der Waals surface area contributed by atoms with Gasteiger partial charge in [-0.05, 0) is 37.0 Å². The van der Waals surface area contributed by atoms with Crippen molar-refractivity contribution < 1.29 is 14.2 Å². The highest BCUT2D eigenvalue weighted by atomic mass is 16.5. The molecule has 0 aromatic heterocycles. The molecule has 2 atom stereocenters. The van der Waals surface area contributed by atoms with Crippen LogP contribution in [0.25, 0.3) is 0 Å². The van der Waals surface area contributed by atoms with Gasteiger partial charge in [-0.25, -0.2) is 0 Å². The first kappa shape index (κ1) is 19.1. The Morgan fingerprint density at radius 2 is 1.87 bits per heavy atom. The summed E-state index contributed by atoms with van der Waals surface area (Å²) in [6, 6.07) is 6.11. The van der Waals surface area contributed by atoms with Crippen LogP contribution >= 0.6 is 0 Å². The third-order valence-corrected chi connectivity index (χ3v) is 3.42. The normalized spacial score (nSPS) is 14.2. The predicted octanol–water partition coefficient (Wildman–Crippen LogP) is 1.82. The van der Waals surface area contributed by atoms with Gasteiger partial charge in [-0.2, -0.15) is 0 Å². The van der Waals surface area contributed by atoms with E-state index in [2.05, 4.69) is 17.2 Å². The minimum Gasteiger partial charge on any atom is -0.493 e. The second-order valence-corrected chi connectivity index (χ2v) is 5.73. The van der Waals surface area contributed by atoms with E-state index in [-0.39, 0.29) is 6.04 Å². The van der Waals surface area contributed by atoms with Crippen molar-refractivity contribution in [3.63, 3.8) is 0 Å². The Bertz CT molecular complexity index is 506. The predicted molar refractivity (Wildman–Crippen MR) is 93.4 cm³/mol. The summed E-state index contributed by atoms with van der Waals surface area (Å²) < 4.78 is 15.6. The van der Waals surface area contributed by atoms with Crippen LogP contribution in [0.5, 0.6) is 11.5 Å². The lowest BCUT2D eigenvalue weighted by Crippen LogP contribution is -2.41. The van der Waals surface area contributed by atoms with Crippen molar-refractivity contribution in [1.82, 2.24) is 5.32 Å². The zero-order valence-electron chi connectivity index (χ0n) is 14.8. The van der Waals surface area contributed by atoms with Gasteiger partial charge in [0.15, 0.2) is 17.5 Å². The Morgan fingerprint density at radius 3 is 2.48 bits per heavy atom. The molecule has 0 aliphatic heterocycles. The highest BCUT2D eigenvalue weighted by Gasteiger charge is 2.09. The number of benzene rings is 1. The third kappa shape index (κ3) is 6.78. The largest absolute Gasteiger partial charge is 0.493 e.